The molecule has 0 aromatic rings. The Morgan fingerprint density at radius 3 is 2.77 bits per heavy atom. The van der Waals surface area contributed by atoms with Gasteiger partial charge in [0.15, 0.2) is 0 Å². The Kier molecular flexibility index (Phi) is 6.50. The molecule has 3 aliphatic heterocycles. The molecule has 1 amide bonds. The minimum absolute atomic E-state index is 0. The second-order valence-corrected chi connectivity index (χ2v) is 6.86. The van der Waals surface area contributed by atoms with Gasteiger partial charge in [-0.1, -0.05) is 0 Å². The van der Waals surface area contributed by atoms with Crippen LogP contribution in [0, 0.1) is 5.41 Å². The van der Waals surface area contributed by atoms with Gasteiger partial charge in [-0.25, -0.2) is 0 Å². The van der Waals surface area contributed by atoms with E-state index in [2.05, 4.69) is 5.32 Å². The van der Waals surface area contributed by atoms with E-state index in [9.17, 15) is 4.79 Å². The SMILES string of the molecule is CC(OCC1CCCO1)C(=O)N1CCC2(CCNC2)CC1.Cl. The Hall–Kier alpha value is -0.360. The molecule has 3 rings (SSSR count). The van der Waals surface area contributed by atoms with Crippen molar-refractivity contribution in [1.29, 1.82) is 0 Å². The van der Waals surface area contributed by atoms with Gasteiger partial charge in [0.2, 0.25) is 0 Å². The summed E-state index contributed by atoms with van der Waals surface area (Å²) < 4.78 is 11.3. The molecule has 0 aromatic heterocycles. The summed E-state index contributed by atoms with van der Waals surface area (Å²) in [5.74, 6) is 0.147. The molecular weight excluding hydrogens is 304 g/mol. The summed E-state index contributed by atoms with van der Waals surface area (Å²) in [6.07, 6.45) is 5.53. The maximum absolute atomic E-state index is 12.5. The van der Waals surface area contributed by atoms with E-state index in [1.807, 2.05) is 11.8 Å². The van der Waals surface area contributed by atoms with Gasteiger partial charge in [0.1, 0.15) is 6.10 Å². The first-order valence-corrected chi connectivity index (χ1v) is 8.41. The lowest BCUT2D eigenvalue weighted by atomic mass is 9.78. The van der Waals surface area contributed by atoms with Crippen molar-refractivity contribution in [3.63, 3.8) is 0 Å². The van der Waals surface area contributed by atoms with Gasteiger partial charge in [0, 0.05) is 26.2 Å². The van der Waals surface area contributed by atoms with Crippen LogP contribution in [-0.4, -0.2) is 62.4 Å². The van der Waals surface area contributed by atoms with Crippen LogP contribution in [0.4, 0.5) is 0 Å². The fraction of sp³-hybridized carbons (Fsp3) is 0.938. The number of carbonyl (C=O) groups excluding carboxylic acids is 1. The highest BCUT2D eigenvalue weighted by Crippen LogP contribution is 2.37. The lowest BCUT2D eigenvalue weighted by molar-refractivity contribution is -0.146. The van der Waals surface area contributed by atoms with Gasteiger partial charge in [-0.2, -0.15) is 0 Å². The molecule has 1 spiro atoms. The summed E-state index contributed by atoms with van der Waals surface area (Å²) in [5, 5.41) is 3.46. The molecule has 128 valence electrons. The zero-order chi connectivity index (χ0) is 14.7. The highest BCUT2D eigenvalue weighted by molar-refractivity contribution is 5.85. The van der Waals surface area contributed by atoms with E-state index in [1.54, 1.807) is 0 Å². The van der Waals surface area contributed by atoms with E-state index in [-0.39, 0.29) is 30.5 Å². The normalized spacial score (nSPS) is 28.6. The quantitative estimate of drug-likeness (QED) is 0.849. The molecule has 0 bridgehead atoms. The van der Waals surface area contributed by atoms with Crippen molar-refractivity contribution >= 4 is 18.3 Å². The number of hydrogen-bond donors (Lipinski definition) is 1. The van der Waals surface area contributed by atoms with Gasteiger partial charge in [0.05, 0.1) is 12.7 Å². The number of amides is 1. The Bertz CT molecular complexity index is 358. The molecule has 0 saturated carbocycles. The molecule has 1 N–H and O–H groups in total. The van der Waals surface area contributed by atoms with Crippen LogP contribution in [0.5, 0.6) is 0 Å². The monoisotopic (exact) mass is 332 g/mol. The number of likely N-dealkylation sites (tertiary alicyclic amines) is 1. The van der Waals surface area contributed by atoms with Gasteiger partial charge in [-0.3, -0.25) is 4.79 Å². The third-order valence-electron chi connectivity index (χ3n) is 5.37. The minimum Gasteiger partial charge on any atom is -0.376 e. The molecule has 3 fully saturated rings. The van der Waals surface area contributed by atoms with Gasteiger partial charge >= 0.3 is 0 Å². The van der Waals surface area contributed by atoms with Crippen LogP contribution in [-0.2, 0) is 14.3 Å². The van der Waals surface area contributed by atoms with Crippen molar-refractivity contribution in [1.82, 2.24) is 10.2 Å². The van der Waals surface area contributed by atoms with Crippen LogP contribution in [0.25, 0.3) is 0 Å². The average molecular weight is 333 g/mol. The Morgan fingerprint density at radius 2 is 2.18 bits per heavy atom. The second-order valence-electron chi connectivity index (χ2n) is 6.86. The van der Waals surface area contributed by atoms with Crippen molar-refractivity contribution < 1.29 is 14.3 Å². The van der Waals surface area contributed by atoms with E-state index in [4.69, 9.17) is 9.47 Å². The summed E-state index contributed by atoms with van der Waals surface area (Å²) >= 11 is 0. The number of halogens is 1. The number of rotatable bonds is 4. The topological polar surface area (TPSA) is 50.8 Å². The number of nitrogens with one attached hydrogen (secondary N) is 1. The lowest BCUT2D eigenvalue weighted by Gasteiger charge is -2.39. The van der Waals surface area contributed by atoms with Crippen molar-refractivity contribution in [3.8, 4) is 0 Å². The summed E-state index contributed by atoms with van der Waals surface area (Å²) in [6, 6.07) is 0. The van der Waals surface area contributed by atoms with E-state index >= 15 is 0 Å². The third kappa shape index (κ3) is 4.13. The number of piperidine rings is 1. The highest BCUT2D eigenvalue weighted by Gasteiger charge is 2.38. The largest absolute Gasteiger partial charge is 0.376 e. The van der Waals surface area contributed by atoms with Gasteiger partial charge in [-0.15, -0.1) is 12.4 Å². The summed E-state index contributed by atoms with van der Waals surface area (Å²) in [6.45, 7) is 7.28. The molecule has 2 unspecified atom stereocenters. The predicted molar refractivity (Wildman–Crippen MR) is 87.4 cm³/mol. The first-order valence-electron chi connectivity index (χ1n) is 8.41. The number of nitrogens with zero attached hydrogens (tertiary/aromatic N) is 1. The van der Waals surface area contributed by atoms with Crippen molar-refractivity contribution in [2.75, 3.05) is 39.4 Å². The molecular formula is C16H29ClN2O3. The van der Waals surface area contributed by atoms with E-state index < -0.39 is 0 Å². The zero-order valence-electron chi connectivity index (χ0n) is 13.5. The molecule has 0 aromatic carbocycles. The van der Waals surface area contributed by atoms with Crippen LogP contribution >= 0.6 is 12.4 Å². The molecule has 3 heterocycles. The predicted octanol–water partition coefficient (Wildman–Crippen LogP) is 1.59. The van der Waals surface area contributed by atoms with Crippen molar-refractivity contribution in [2.45, 2.75) is 51.2 Å². The highest BCUT2D eigenvalue weighted by atomic mass is 35.5. The van der Waals surface area contributed by atoms with Gasteiger partial charge in [0.25, 0.3) is 5.91 Å². The summed E-state index contributed by atoms with van der Waals surface area (Å²) in [7, 11) is 0. The average Bonchev–Trinajstić information content (AvgIpc) is 3.17. The third-order valence-corrected chi connectivity index (χ3v) is 5.37. The summed E-state index contributed by atoms with van der Waals surface area (Å²) in [5.41, 5.74) is 0.457. The molecule has 0 aliphatic carbocycles. The standard InChI is InChI=1S/C16H28N2O3.ClH/c1-13(21-11-14-3-2-10-20-14)15(19)18-8-5-16(6-9-18)4-7-17-12-16;/h13-14,17H,2-12H2,1H3;1H. The lowest BCUT2D eigenvalue weighted by Crippen LogP contribution is -2.47. The number of carbonyl (C=O) groups is 1. The first-order chi connectivity index (χ1) is 10.2. The first kappa shape index (κ1) is 18.0. The molecule has 0 radical (unpaired) electrons. The molecule has 2 atom stereocenters. The second kappa shape index (κ2) is 7.95. The fourth-order valence-electron chi connectivity index (χ4n) is 3.78. The van der Waals surface area contributed by atoms with E-state index in [0.29, 0.717) is 12.0 Å². The Labute approximate surface area is 139 Å². The van der Waals surface area contributed by atoms with Crippen LogP contribution in [0.2, 0.25) is 0 Å². The maximum Gasteiger partial charge on any atom is 0.251 e. The van der Waals surface area contributed by atoms with E-state index in [1.165, 1.54) is 6.42 Å². The Balaban J connectivity index is 0.00000176. The summed E-state index contributed by atoms with van der Waals surface area (Å²) in [4.78, 5) is 14.4. The molecule has 22 heavy (non-hydrogen) atoms. The van der Waals surface area contributed by atoms with Gasteiger partial charge < -0.3 is 19.7 Å². The molecule has 5 nitrogen and oxygen atoms in total. The van der Waals surface area contributed by atoms with Crippen LogP contribution < -0.4 is 5.32 Å². The Morgan fingerprint density at radius 1 is 1.41 bits per heavy atom. The fourth-order valence-corrected chi connectivity index (χ4v) is 3.78. The smallest absolute Gasteiger partial charge is 0.251 e. The maximum atomic E-state index is 12.5. The number of ether oxygens (including phenoxy) is 2. The van der Waals surface area contributed by atoms with Crippen LogP contribution in [0.15, 0.2) is 0 Å². The van der Waals surface area contributed by atoms with Crippen LogP contribution in [0.3, 0.4) is 0 Å². The molecule has 6 heteroatoms. The number of hydrogen-bond acceptors (Lipinski definition) is 4. The van der Waals surface area contributed by atoms with Gasteiger partial charge in [-0.05, 0) is 51.0 Å². The van der Waals surface area contributed by atoms with Crippen LogP contribution in [0.1, 0.15) is 39.0 Å². The van der Waals surface area contributed by atoms with Crippen molar-refractivity contribution in [2.24, 2.45) is 5.41 Å². The van der Waals surface area contributed by atoms with E-state index in [0.717, 1.165) is 58.5 Å². The minimum atomic E-state index is -0.343. The van der Waals surface area contributed by atoms with Crippen molar-refractivity contribution in [3.05, 3.63) is 0 Å². The zero-order valence-corrected chi connectivity index (χ0v) is 14.3. The molecule has 3 saturated heterocycles. The molecule has 3 aliphatic rings.